The van der Waals surface area contributed by atoms with Gasteiger partial charge in [-0.15, -0.1) is 0 Å². The van der Waals surface area contributed by atoms with Crippen LogP contribution in [-0.4, -0.2) is 5.11 Å². The van der Waals surface area contributed by atoms with Gasteiger partial charge in [0.25, 0.3) is 0 Å². The quantitative estimate of drug-likeness (QED) is 0.566. The largest absolute Gasteiger partial charge is 0.356 e. The van der Waals surface area contributed by atoms with E-state index >= 15 is 0 Å². The molecule has 2 nitrogen and oxygen atoms in total. The first-order valence-electron chi connectivity index (χ1n) is 8.57. The summed E-state index contributed by atoms with van der Waals surface area (Å²) in [5.74, 6) is 0.118. The van der Waals surface area contributed by atoms with Gasteiger partial charge in [0.2, 0.25) is 0 Å². The van der Waals surface area contributed by atoms with Crippen molar-refractivity contribution in [1.82, 2.24) is 5.32 Å². The summed E-state index contributed by atoms with van der Waals surface area (Å²) in [5.41, 5.74) is 3.20. The van der Waals surface area contributed by atoms with Crippen LogP contribution in [0.25, 0.3) is 0 Å². The smallest absolute Gasteiger partial charge is 0.171 e. The predicted molar refractivity (Wildman–Crippen MR) is 109 cm³/mol. The highest BCUT2D eigenvalue weighted by molar-refractivity contribution is 7.80. The molecule has 25 heavy (non-hydrogen) atoms. The second-order valence-electron chi connectivity index (χ2n) is 6.16. The lowest BCUT2D eigenvalue weighted by Gasteiger charge is -2.21. The maximum atomic E-state index is 13.2. The fourth-order valence-corrected chi connectivity index (χ4v) is 3.05. The lowest BCUT2D eigenvalue weighted by atomic mass is 9.95. The molecule has 0 aromatic heterocycles. The predicted octanol–water partition coefficient (Wildman–Crippen LogP) is 6.43. The Balaban J connectivity index is 2.02. The molecule has 0 bridgehead atoms. The van der Waals surface area contributed by atoms with E-state index in [1.807, 2.05) is 0 Å². The third-order valence-electron chi connectivity index (χ3n) is 4.41. The van der Waals surface area contributed by atoms with E-state index in [0.29, 0.717) is 16.7 Å². The van der Waals surface area contributed by atoms with Crippen molar-refractivity contribution in [2.24, 2.45) is 0 Å². The molecule has 0 saturated heterocycles. The first-order chi connectivity index (χ1) is 11.9. The number of halogens is 2. The van der Waals surface area contributed by atoms with Crippen LogP contribution < -0.4 is 10.6 Å². The van der Waals surface area contributed by atoms with Gasteiger partial charge in [0.05, 0.1) is 11.1 Å². The number of anilines is 1. The second kappa shape index (κ2) is 9.16. The fourth-order valence-electron chi connectivity index (χ4n) is 2.61. The van der Waals surface area contributed by atoms with Gasteiger partial charge in [-0.25, -0.2) is 4.39 Å². The molecule has 2 rings (SSSR count). The summed E-state index contributed by atoms with van der Waals surface area (Å²) in [4.78, 5) is 0. The van der Waals surface area contributed by atoms with E-state index in [1.54, 1.807) is 6.07 Å². The van der Waals surface area contributed by atoms with Crippen LogP contribution in [0.4, 0.5) is 10.1 Å². The molecule has 0 aliphatic carbocycles. The fraction of sp³-hybridized carbons (Fsp3) is 0.350. The summed E-state index contributed by atoms with van der Waals surface area (Å²) in [6.07, 6.45) is 2.03. The van der Waals surface area contributed by atoms with E-state index in [0.717, 1.165) is 12.8 Å². The van der Waals surface area contributed by atoms with E-state index in [2.05, 4.69) is 55.7 Å². The van der Waals surface area contributed by atoms with Crippen molar-refractivity contribution in [1.29, 1.82) is 0 Å². The van der Waals surface area contributed by atoms with E-state index in [4.69, 9.17) is 23.8 Å². The number of thiocarbonyl (C=S) groups is 1. The molecule has 2 aromatic carbocycles. The van der Waals surface area contributed by atoms with Crippen molar-refractivity contribution in [3.63, 3.8) is 0 Å². The molecule has 0 fully saturated rings. The molecule has 0 aliphatic heterocycles. The maximum Gasteiger partial charge on any atom is 0.171 e. The third-order valence-corrected chi connectivity index (χ3v) is 4.92. The SMILES string of the molecule is CCC(C)c1ccc(C(CC)NC(=S)Nc2ccc(F)c(Cl)c2)cc1. The highest BCUT2D eigenvalue weighted by Gasteiger charge is 2.12. The molecule has 134 valence electrons. The Morgan fingerprint density at radius 2 is 1.72 bits per heavy atom. The molecular weight excluding hydrogens is 355 g/mol. The summed E-state index contributed by atoms with van der Waals surface area (Å²) >= 11 is 11.2. The molecule has 0 spiro atoms. The van der Waals surface area contributed by atoms with Crippen LogP contribution in [0.3, 0.4) is 0 Å². The molecule has 5 heteroatoms. The van der Waals surface area contributed by atoms with E-state index in [1.165, 1.54) is 23.3 Å². The first kappa shape index (κ1) is 19.7. The van der Waals surface area contributed by atoms with Gasteiger partial charge in [-0.3, -0.25) is 0 Å². The topological polar surface area (TPSA) is 24.1 Å². The monoisotopic (exact) mass is 378 g/mol. The molecule has 2 unspecified atom stereocenters. The summed E-state index contributed by atoms with van der Waals surface area (Å²) in [6.45, 7) is 6.54. The van der Waals surface area contributed by atoms with Crippen molar-refractivity contribution in [3.05, 3.63) is 64.4 Å². The molecular formula is C20H24ClFN2S. The minimum Gasteiger partial charge on any atom is -0.356 e. The van der Waals surface area contributed by atoms with Crippen molar-refractivity contribution >= 4 is 34.6 Å². The third kappa shape index (κ3) is 5.41. The molecule has 0 saturated carbocycles. The van der Waals surface area contributed by atoms with Crippen LogP contribution in [0.1, 0.15) is 56.7 Å². The molecule has 2 atom stereocenters. The zero-order valence-corrected chi connectivity index (χ0v) is 16.3. The van der Waals surface area contributed by atoms with Crippen molar-refractivity contribution in [3.8, 4) is 0 Å². The second-order valence-corrected chi connectivity index (χ2v) is 6.98. The van der Waals surface area contributed by atoms with Crippen molar-refractivity contribution in [2.45, 2.75) is 45.6 Å². The molecule has 2 aromatic rings. The summed E-state index contributed by atoms with van der Waals surface area (Å²) in [7, 11) is 0. The minimum absolute atomic E-state index is 0.0699. The Morgan fingerprint density at radius 1 is 1.08 bits per heavy atom. The zero-order chi connectivity index (χ0) is 18.4. The standard InChI is InChI=1S/C20H24ClFN2S/c1-4-13(3)14-6-8-15(9-7-14)19(5-2)24-20(25)23-16-10-11-18(22)17(21)12-16/h6-13,19H,4-5H2,1-3H3,(H2,23,24,25). The lowest BCUT2D eigenvalue weighted by molar-refractivity contribution is 0.626. The number of nitrogens with one attached hydrogen (secondary N) is 2. The van der Waals surface area contributed by atoms with Gasteiger partial charge in [-0.1, -0.05) is 56.6 Å². The van der Waals surface area contributed by atoms with Crippen LogP contribution in [0.15, 0.2) is 42.5 Å². The molecule has 2 N–H and O–H groups in total. The minimum atomic E-state index is -0.445. The number of hydrogen-bond acceptors (Lipinski definition) is 1. The molecule has 0 aliphatic rings. The first-order valence-corrected chi connectivity index (χ1v) is 9.35. The highest BCUT2D eigenvalue weighted by Crippen LogP contribution is 2.23. The van der Waals surface area contributed by atoms with E-state index in [9.17, 15) is 4.39 Å². The lowest BCUT2D eigenvalue weighted by Crippen LogP contribution is -2.32. The summed E-state index contributed by atoms with van der Waals surface area (Å²) < 4.78 is 13.2. The van der Waals surface area contributed by atoms with Gasteiger partial charge < -0.3 is 10.6 Å². The summed E-state index contributed by atoms with van der Waals surface area (Å²) in [5, 5.41) is 6.92. The van der Waals surface area contributed by atoms with Gasteiger partial charge in [-0.05, 0) is 60.3 Å². The number of benzene rings is 2. The van der Waals surface area contributed by atoms with Crippen LogP contribution in [-0.2, 0) is 0 Å². The molecule has 0 radical (unpaired) electrons. The van der Waals surface area contributed by atoms with E-state index < -0.39 is 5.82 Å². The van der Waals surface area contributed by atoms with Crippen molar-refractivity contribution in [2.75, 3.05) is 5.32 Å². The normalized spacial score (nSPS) is 13.2. The average molecular weight is 379 g/mol. The zero-order valence-electron chi connectivity index (χ0n) is 14.8. The Hall–Kier alpha value is -1.65. The van der Waals surface area contributed by atoms with Crippen LogP contribution in [0, 0.1) is 5.82 Å². The van der Waals surface area contributed by atoms with Crippen LogP contribution in [0.5, 0.6) is 0 Å². The number of rotatable bonds is 6. The maximum absolute atomic E-state index is 13.2. The summed E-state index contributed by atoms with van der Waals surface area (Å²) in [6, 6.07) is 13.2. The Bertz CT molecular complexity index is 718. The Labute approximate surface area is 159 Å². The van der Waals surface area contributed by atoms with Crippen LogP contribution >= 0.6 is 23.8 Å². The van der Waals surface area contributed by atoms with Gasteiger partial charge in [0.15, 0.2) is 5.11 Å². The molecule has 0 amide bonds. The van der Waals surface area contributed by atoms with Crippen molar-refractivity contribution < 1.29 is 4.39 Å². The van der Waals surface area contributed by atoms with Gasteiger partial charge in [0.1, 0.15) is 5.82 Å². The van der Waals surface area contributed by atoms with Crippen LogP contribution in [0.2, 0.25) is 5.02 Å². The highest BCUT2D eigenvalue weighted by atomic mass is 35.5. The Morgan fingerprint density at radius 3 is 2.28 bits per heavy atom. The average Bonchev–Trinajstić information content (AvgIpc) is 2.62. The number of hydrogen-bond donors (Lipinski definition) is 2. The van der Waals surface area contributed by atoms with Gasteiger partial charge in [0, 0.05) is 5.69 Å². The van der Waals surface area contributed by atoms with Gasteiger partial charge in [-0.2, -0.15) is 0 Å². The van der Waals surface area contributed by atoms with Gasteiger partial charge >= 0.3 is 0 Å². The molecule has 0 heterocycles. The van der Waals surface area contributed by atoms with E-state index in [-0.39, 0.29) is 11.1 Å². The Kier molecular flexibility index (Phi) is 7.21.